The van der Waals surface area contributed by atoms with Crippen LogP contribution in [0.5, 0.6) is 0 Å². The number of hydrogen-bond acceptors (Lipinski definition) is 3. The van der Waals surface area contributed by atoms with Gasteiger partial charge in [0, 0.05) is 0 Å². The predicted octanol–water partition coefficient (Wildman–Crippen LogP) is 2.84. The maximum absolute atomic E-state index is 11.6. The Kier molecular flexibility index (Phi) is 6.53. The largest absolute Gasteiger partial charge is 0.444 e. The highest BCUT2D eigenvalue weighted by Crippen LogP contribution is 2.16. The van der Waals surface area contributed by atoms with Crippen molar-refractivity contribution in [2.45, 2.75) is 71.4 Å². The van der Waals surface area contributed by atoms with E-state index in [9.17, 15) is 9.90 Å². The number of aliphatic hydroxyl groups is 1. The zero-order chi connectivity index (χ0) is 13.5. The van der Waals surface area contributed by atoms with E-state index in [1.807, 2.05) is 27.7 Å². The molecule has 2 N–H and O–H groups in total. The van der Waals surface area contributed by atoms with E-state index in [4.69, 9.17) is 4.74 Å². The molecule has 1 amide bonds. The Labute approximate surface area is 105 Å². The van der Waals surface area contributed by atoms with E-state index < -0.39 is 17.2 Å². The Morgan fingerprint density at radius 2 is 1.82 bits per heavy atom. The highest BCUT2D eigenvalue weighted by molar-refractivity contribution is 5.68. The first kappa shape index (κ1) is 16.2. The second kappa shape index (κ2) is 6.84. The molecule has 0 aromatic carbocycles. The van der Waals surface area contributed by atoms with Crippen molar-refractivity contribution in [3.05, 3.63) is 0 Å². The van der Waals surface area contributed by atoms with Gasteiger partial charge in [0.25, 0.3) is 0 Å². The lowest BCUT2D eigenvalue weighted by molar-refractivity contribution is 0.0404. The minimum atomic E-state index is -0.586. The SMILES string of the molecule is CCCCC[C@](C)(CO)NC(=O)OC(C)(C)C. The molecule has 0 rings (SSSR count). The summed E-state index contributed by atoms with van der Waals surface area (Å²) in [6.07, 6.45) is 3.50. The third-order valence-electron chi connectivity index (χ3n) is 2.48. The van der Waals surface area contributed by atoms with Crippen LogP contribution < -0.4 is 5.32 Å². The van der Waals surface area contributed by atoms with Crippen LogP contribution in [0.25, 0.3) is 0 Å². The zero-order valence-electron chi connectivity index (χ0n) is 11.8. The van der Waals surface area contributed by atoms with Crippen molar-refractivity contribution in [3.63, 3.8) is 0 Å². The lowest BCUT2D eigenvalue weighted by atomic mass is 9.95. The van der Waals surface area contributed by atoms with Gasteiger partial charge < -0.3 is 15.2 Å². The molecule has 0 radical (unpaired) electrons. The molecule has 0 spiro atoms. The first-order valence-electron chi connectivity index (χ1n) is 6.34. The molecule has 0 aliphatic carbocycles. The number of hydrogen-bond donors (Lipinski definition) is 2. The highest BCUT2D eigenvalue weighted by Gasteiger charge is 2.27. The van der Waals surface area contributed by atoms with Crippen molar-refractivity contribution in [3.8, 4) is 0 Å². The van der Waals surface area contributed by atoms with Crippen molar-refractivity contribution in [2.75, 3.05) is 6.61 Å². The summed E-state index contributed by atoms with van der Waals surface area (Å²) >= 11 is 0. The summed E-state index contributed by atoms with van der Waals surface area (Å²) < 4.78 is 5.18. The number of carbonyl (C=O) groups is 1. The van der Waals surface area contributed by atoms with Crippen LogP contribution in [0.4, 0.5) is 4.79 Å². The van der Waals surface area contributed by atoms with Gasteiger partial charge in [-0.3, -0.25) is 0 Å². The normalized spacial score (nSPS) is 15.2. The van der Waals surface area contributed by atoms with Crippen LogP contribution >= 0.6 is 0 Å². The van der Waals surface area contributed by atoms with Crippen molar-refractivity contribution >= 4 is 6.09 Å². The van der Waals surface area contributed by atoms with Crippen molar-refractivity contribution in [2.24, 2.45) is 0 Å². The van der Waals surface area contributed by atoms with Crippen LogP contribution in [0.2, 0.25) is 0 Å². The molecule has 4 nitrogen and oxygen atoms in total. The van der Waals surface area contributed by atoms with Crippen LogP contribution in [0, 0.1) is 0 Å². The first-order valence-corrected chi connectivity index (χ1v) is 6.34. The van der Waals surface area contributed by atoms with E-state index in [0.717, 1.165) is 25.7 Å². The van der Waals surface area contributed by atoms with Crippen LogP contribution in [0.3, 0.4) is 0 Å². The number of unbranched alkanes of at least 4 members (excludes halogenated alkanes) is 2. The molecule has 0 saturated heterocycles. The van der Waals surface area contributed by atoms with Gasteiger partial charge in [-0.1, -0.05) is 26.2 Å². The average Bonchev–Trinajstić information content (AvgIpc) is 2.15. The monoisotopic (exact) mass is 245 g/mol. The van der Waals surface area contributed by atoms with Crippen molar-refractivity contribution in [1.82, 2.24) is 5.32 Å². The van der Waals surface area contributed by atoms with Crippen LogP contribution in [0.15, 0.2) is 0 Å². The fourth-order valence-electron chi connectivity index (χ4n) is 1.50. The molecule has 0 unspecified atom stereocenters. The summed E-state index contributed by atoms with van der Waals surface area (Å²) in [4.78, 5) is 11.6. The number of alkyl carbamates (subject to hydrolysis) is 1. The van der Waals surface area contributed by atoms with Gasteiger partial charge in [0.05, 0.1) is 12.1 Å². The Balaban J connectivity index is 4.22. The van der Waals surface area contributed by atoms with Gasteiger partial charge in [0.1, 0.15) is 5.60 Å². The second-order valence-corrected chi connectivity index (χ2v) is 5.80. The number of amides is 1. The number of ether oxygens (including phenoxy) is 1. The number of aliphatic hydroxyl groups excluding tert-OH is 1. The highest BCUT2D eigenvalue weighted by atomic mass is 16.6. The Bertz CT molecular complexity index is 235. The van der Waals surface area contributed by atoms with Crippen molar-refractivity contribution < 1.29 is 14.6 Å². The maximum atomic E-state index is 11.6. The molecule has 4 heteroatoms. The predicted molar refractivity (Wildman–Crippen MR) is 69.0 cm³/mol. The van der Waals surface area contributed by atoms with Gasteiger partial charge in [-0.15, -0.1) is 0 Å². The quantitative estimate of drug-likeness (QED) is 0.707. The summed E-state index contributed by atoms with van der Waals surface area (Å²) in [5.41, 5.74) is -1.10. The lowest BCUT2D eigenvalue weighted by Crippen LogP contribution is -2.50. The third-order valence-corrected chi connectivity index (χ3v) is 2.48. The van der Waals surface area contributed by atoms with E-state index in [2.05, 4.69) is 12.2 Å². The molecule has 0 aliphatic rings. The summed E-state index contributed by atoms with van der Waals surface area (Å²) in [5.74, 6) is 0. The van der Waals surface area contributed by atoms with Crippen molar-refractivity contribution in [1.29, 1.82) is 0 Å². The fourth-order valence-corrected chi connectivity index (χ4v) is 1.50. The molecule has 0 heterocycles. The maximum Gasteiger partial charge on any atom is 0.408 e. The third kappa shape index (κ3) is 8.02. The lowest BCUT2D eigenvalue weighted by Gasteiger charge is -2.30. The van der Waals surface area contributed by atoms with E-state index in [0.29, 0.717) is 0 Å². The molecule has 0 fully saturated rings. The topological polar surface area (TPSA) is 58.6 Å². The van der Waals surface area contributed by atoms with Crippen LogP contribution in [-0.4, -0.2) is 28.9 Å². The van der Waals surface area contributed by atoms with E-state index in [1.165, 1.54) is 0 Å². The molecule has 17 heavy (non-hydrogen) atoms. The fraction of sp³-hybridized carbons (Fsp3) is 0.923. The molecular weight excluding hydrogens is 218 g/mol. The average molecular weight is 245 g/mol. The summed E-state index contributed by atoms with van der Waals surface area (Å²) in [6, 6.07) is 0. The van der Waals surface area contributed by atoms with Gasteiger partial charge in [0.2, 0.25) is 0 Å². The number of nitrogens with one attached hydrogen (secondary N) is 1. The van der Waals surface area contributed by atoms with E-state index in [-0.39, 0.29) is 6.61 Å². The molecule has 1 atom stereocenters. The second-order valence-electron chi connectivity index (χ2n) is 5.80. The molecule has 0 aliphatic heterocycles. The van der Waals surface area contributed by atoms with Gasteiger partial charge in [-0.25, -0.2) is 4.79 Å². The zero-order valence-corrected chi connectivity index (χ0v) is 11.8. The van der Waals surface area contributed by atoms with E-state index >= 15 is 0 Å². The number of carbonyl (C=O) groups excluding carboxylic acids is 1. The Morgan fingerprint density at radius 3 is 2.24 bits per heavy atom. The molecule has 0 aromatic heterocycles. The molecule has 0 aromatic rings. The van der Waals surface area contributed by atoms with Crippen LogP contribution in [0.1, 0.15) is 60.3 Å². The molecule has 102 valence electrons. The van der Waals surface area contributed by atoms with E-state index in [1.54, 1.807) is 0 Å². The smallest absolute Gasteiger partial charge is 0.408 e. The Hall–Kier alpha value is -0.770. The minimum absolute atomic E-state index is 0.0735. The summed E-state index contributed by atoms with van der Waals surface area (Å²) in [7, 11) is 0. The Morgan fingerprint density at radius 1 is 1.24 bits per heavy atom. The molecule has 0 saturated carbocycles. The first-order chi connectivity index (χ1) is 7.72. The molecular formula is C13H27NO3. The van der Waals surface area contributed by atoms with Gasteiger partial charge >= 0.3 is 6.09 Å². The van der Waals surface area contributed by atoms with Gasteiger partial charge in [-0.05, 0) is 34.1 Å². The standard InChI is InChI=1S/C13H27NO3/c1-6-7-8-9-13(5,10-15)14-11(16)17-12(2,3)4/h15H,6-10H2,1-5H3,(H,14,16)/t13-/m1/s1. The minimum Gasteiger partial charge on any atom is -0.444 e. The van der Waals surface area contributed by atoms with Crippen LogP contribution in [-0.2, 0) is 4.74 Å². The summed E-state index contributed by atoms with van der Waals surface area (Å²) in [5, 5.41) is 12.1. The molecule has 0 bridgehead atoms. The van der Waals surface area contributed by atoms with Gasteiger partial charge in [-0.2, -0.15) is 0 Å². The number of rotatable bonds is 6. The summed E-state index contributed by atoms with van der Waals surface area (Å²) in [6.45, 7) is 9.35. The van der Waals surface area contributed by atoms with Gasteiger partial charge in [0.15, 0.2) is 0 Å².